The van der Waals surface area contributed by atoms with Gasteiger partial charge in [-0.15, -0.1) is 0 Å². The highest BCUT2D eigenvalue weighted by molar-refractivity contribution is 6.01. The van der Waals surface area contributed by atoms with Crippen molar-refractivity contribution in [3.8, 4) is 33.6 Å². The monoisotopic (exact) mass is 788 g/mol. The van der Waals surface area contributed by atoms with Crippen molar-refractivity contribution in [2.75, 3.05) is 13.1 Å². The second-order valence-electron chi connectivity index (χ2n) is 15.0. The number of nitrogens with one attached hydrogen (secondary N) is 2. The molecule has 294 valence electrons. The van der Waals surface area contributed by atoms with Crippen LogP contribution in [0, 0.1) is 17.6 Å². The number of aliphatic hydroxyl groups is 1. The van der Waals surface area contributed by atoms with Gasteiger partial charge in [-0.1, -0.05) is 72.8 Å². The molecular formula is C47H38F2N6O4. The fourth-order valence-electron chi connectivity index (χ4n) is 8.46. The van der Waals surface area contributed by atoms with E-state index in [0.29, 0.717) is 36.0 Å². The highest BCUT2D eigenvalue weighted by Gasteiger charge is 2.29. The Kier molecular flexibility index (Phi) is 9.35. The summed E-state index contributed by atoms with van der Waals surface area (Å²) in [6.45, 7) is 1.00. The molecule has 0 fully saturated rings. The normalized spacial score (nSPS) is 14.4. The van der Waals surface area contributed by atoms with Crippen LogP contribution in [0.4, 0.5) is 8.78 Å². The minimum atomic E-state index is -1.20. The number of rotatable bonds is 12. The van der Waals surface area contributed by atoms with E-state index in [1.165, 1.54) is 35.3 Å². The number of imidazole rings is 2. The van der Waals surface area contributed by atoms with Crippen molar-refractivity contribution in [1.82, 2.24) is 29.4 Å². The van der Waals surface area contributed by atoms with E-state index in [9.17, 15) is 18.7 Å². The topological polar surface area (TPSA) is 122 Å². The molecule has 5 aromatic carbocycles. The first-order chi connectivity index (χ1) is 28.9. The first-order valence-corrected chi connectivity index (χ1v) is 19.6. The zero-order chi connectivity index (χ0) is 40.0. The van der Waals surface area contributed by atoms with Gasteiger partial charge in [0.1, 0.15) is 47.5 Å². The maximum atomic E-state index is 14.9. The first-order valence-electron chi connectivity index (χ1n) is 19.6. The van der Waals surface area contributed by atoms with Crippen LogP contribution in [0.25, 0.3) is 56.1 Å². The van der Waals surface area contributed by atoms with Crippen molar-refractivity contribution in [3.05, 3.63) is 168 Å². The summed E-state index contributed by atoms with van der Waals surface area (Å²) in [4.78, 5) is 22.8. The number of hydrogen-bond donors (Lipinski definition) is 3. The van der Waals surface area contributed by atoms with E-state index in [4.69, 9.17) is 13.8 Å². The van der Waals surface area contributed by atoms with E-state index in [-0.39, 0.29) is 28.9 Å². The molecule has 2 unspecified atom stereocenters. The Bertz CT molecular complexity index is 3000. The molecular weight excluding hydrogens is 751 g/mol. The number of halogens is 2. The Balaban J connectivity index is 0.873. The van der Waals surface area contributed by atoms with Gasteiger partial charge in [-0.3, -0.25) is 18.9 Å². The van der Waals surface area contributed by atoms with Crippen LogP contribution < -0.4 is 10.6 Å². The number of fused-ring (bicyclic) bond motifs is 4. The van der Waals surface area contributed by atoms with Gasteiger partial charge >= 0.3 is 11.7 Å². The molecule has 0 saturated carbocycles. The molecule has 4 heterocycles. The van der Waals surface area contributed by atoms with Crippen LogP contribution in [0.2, 0.25) is 0 Å². The third-order valence-corrected chi connectivity index (χ3v) is 11.3. The van der Waals surface area contributed by atoms with Crippen molar-refractivity contribution in [3.63, 3.8) is 0 Å². The molecule has 2 atom stereocenters. The summed E-state index contributed by atoms with van der Waals surface area (Å²) in [6, 6.07) is 32.4. The molecule has 1 amide bonds. The zero-order valence-corrected chi connectivity index (χ0v) is 31.7. The fraction of sp³-hybridized carbons (Fsp3) is 0.170. The average Bonchev–Trinajstić information content (AvgIpc) is 4.09. The molecule has 10 nitrogen and oxygen atoms in total. The number of aliphatic hydroxyl groups excluding tert-OH is 1. The smallest absolute Gasteiger partial charge is 0.306 e. The summed E-state index contributed by atoms with van der Waals surface area (Å²) >= 11 is 0. The Morgan fingerprint density at radius 1 is 0.797 bits per heavy atom. The highest BCUT2D eigenvalue weighted by Crippen LogP contribution is 2.38. The van der Waals surface area contributed by atoms with E-state index < -0.39 is 17.9 Å². The summed E-state index contributed by atoms with van der Waals surface area (Å²) in [5.41, 5.74) is 8.27. The van der Waals surface area contributed by atoms with Gasteiger partial charge in [-0.05, 0) is 94.5 Å². The van der Waals surface area contributed by atoms with Gasteiger partial charge in [0.15, 0.2) is 0 Å². The molecule has 0 aliphatic heterocycles. The number of carbonyl (C=O) groups is 1. The molecule has 4 aromatic heterocycles. The molecule has 1 aliphatic rings. The lowest BCUT2D eigenvalue weighted by Crippen LogP contribution is -2.28. The number of benzene rings is 5. The summed E-state index contributed by atoms with van der Waals surface area (Å²) in [5.74, 6) is -0.979. The lowest BCUT2D eigenvalue weighted by Gasteiger charge is -2.17. The maximum absolute atomic E-state index is 14.9. The number of carbonyl (C=O) groups excluding carboxylic acids is 1. The first kappa shape index (κ1) is 36.5. The number of nitrogens with zero attached hydrogens (tertiary/aromatic N) is 4. The van der Waals surface area contributed by atoms with Crippen LogP contribution >= 0.6 is 0 Å². The Morgan fingerprint density at radius 2 is 1.56 bits per heavy atom. The van der Waals surface area contributed by atoms with E-state index in [0.717, 1.165) is 65.3 Å². The van der Waals surface area contributed by atoms with Crippen LogP contribution in [0.3, 0.4) is 0 Å². The molecule has 1 aliphatic carbocycles. The standard InChI is InChI=1S/C47H38F2N6O4/c48-35-15-16-37(39(49)26-35)41-43(55-19-21-59-47(55)53-41)45(57)51-27-29-22-31-9-4-10-36(38(31)23-29)32-13-11-30-12-14-33(25-34(30)24-32)40-42(54-18-20-58-46(54)52-40)44(56)50-17-5-8-28-6-2-1-3-7-28/h1-4,6-7,9-16,18-21,24-26,29,45,51,57H,5,8,17,22-23,27H2,(H,50,56). The minimum absolute atomic E-state index is 0.0671. The number of oxazole rings is 2. The van der Waals surface area contributed by atoms with E-state index in [1.807, 2.05) is 30.3 Å². The summed E-state index contributed by atoms with van der Waals surface area (Å²) in [7, 11) is 0. The SMILES string of the molecule is O=C(NCCCc1ccccc1)c1c(-c2ccc3ccc(-c4cccc5c4CC(CNC(O)c4c(-c6ccc(F)cc6F)nc6occn46)C5)cc3c2)nc2occn12. The third kappa shape index (κ3) is 6.85. The van der Waals surface area contributed by atoms with Gasteiger partial charge < -0.3 is 19.3 Å². The minimum Gasteiger partial charge on any atom is -0.432 e. The number of hydrogen-bond acceptors (Lipinski definition) is 7. The summed E-state index contributed by atoms with van der Waals surface area (Å²) in [6.07, 6.45) is 8.35. The number of aryl methyl sites for hydroxylation is 1. The quantitative estimate of drug-likeness (QED) is 0.0835. The van der Waals surface area contributed by atoms with Crippen LogP contribution in [0.15, 0.2) is 137 Å². The molecule has 0 bridgehead atoms. The van der Waals surface area contributed by atoms with Crippen molar-refractivity contribution < 1.29 is 27.5 Å². The molecule has 10 rings (SSSR count). The molecule has 3 N–H and O–H groups in total. The van der Waals surface area contributed by atoms with Crippen molar-refractivity contribution in [1.29, 1.82) is 0 Å². The summed E-state index contributed by atoms with van der Waals surface area (Å²) in [5, 5.41) is 19.9. The second-order valence-corrected chi connectivity index (χ2v) is 15.0. The second kappa shape index (κ2) is 15.1. The predicted octanol–water partition coefficient (Wildman–Crippen LogP) is 8.96. The molecule has 59 heavy (non-hydrogen) atoms. The van der Waals surface area contributed by atoms with E-state index in [1.54, 1.807) is 21.2 Å². The van der Waals surface area contributed by atoms with Gasteiger partial charge in [0.25, 0.3) is 5.91 Å². The van der Waals surface area contributed by atoms with Gasteiger partial charge in [-0.25, -0.2) is 8.78 Å². The number of amides is 1. The molecule has 0 radical (unpaired) electrons. The maximum Gasteiger partial charge on any atom is 0.306 e. The van der Waals surface area contributed by atoms with Crippen LogP contribution in [0.1, 0.15) is 45.5 Å². The predicted molar refractivity (Wildman–Crippen MR) is 220 cm³/mol. The van der Waals surface area contributed by atoms with Crippen molar-refractivity contribution in [2.45, 2.75) is 31.9 Å². The molecule has 0 saturated heterocycles. The van der Waals surface area contributed by atoms with Crippen LogP contribution in [-0.4, -0.2) is 42.9 Å². The average molecular weight is 789 g/mol. The van der Waals surface area contributed by atoms with Crippen molar-refractivity contribution >= 4 is 28.4 Å². The Morgan fingerprint density at radius 3 is 2.39 bits per heavy atom. The third-order valence-electron chi connectivity index (χ3n) is 11.3. The number of aromatic nitrogens is 4. The van der Waals surface area contributed by atoms with Crippen molar-refractivity contribution in [2.24, 2.45) is 5.92 Å². The Labute approximate surface area is 336 Å². The van der Waals surface area contributed by atoms with Gasteiger partial charge in [-0.2, -0.15) is 9.97 Å². The lowest BCUT2D eigenvalue weighted by atomic mass is 9.94. The zero-order valence-electron chi connectivity index (χ0n) is 31.7. The molecule has 0 spiro atoms. The summed E-state index contributed by atoms with van der Waals surface area (Å²) < 4.78 is 42.9. The van der Waals surface area contributed by atoms with Crippen LogP contribution in [0.5, 0.6) is 0 Å². The molecule has 9 aromatic rings. The van der Waals surface area contributed by atoms with Gasteiger partial charge in [0, 0.05) is 42.7 Å². The lowest BCUT2D eigenvalue weighted by molar-refractivity contribution is 0.0948. The van der Waals surface area contributed by atoms with Gasteiger partial charge in [0.2, 0.25) is 0 Å². The van der Waals surface area contributed by atoms with E-state index >= 15 is 0 Å². The Hall–Kier alpha value is -6.89. The van der Waals surface area contributed by atoms with Gasteiger partial charge in [0.05, 0.1) is 5.69 Å². The molecule has 12 heteroatoms. The largest absolute Gasteiger partial charge is 0.432 e. The van der Waals surface area contributed by atoms with E-state index in [2.05, 4.69) is 70.2 Å². The van der Waals surface area contributed by atoms with Crippen LogP contribution in [-0.2, 0) is 19.3 Å². The fourth-order valence-corrected chi connectivity index (χ4v) is 8.46. The highest BCUT2D eigenvalue weighted by atomic mass is 19.1.